The van der Waals surface area contributed by atoms with E-state index in [-0.39, 0.29) is 35.9 Å². The maximum Gasteiger partial charge on any atom is 0.326 e. The van der Waals surface area contributed by atoms with Gasteiger partial charge in [-0.15, -0.1) is 0 Å². The number of phenolic OH excluding ortho intramolecular Hbond substituents is 1. The molecule has 35 heavy (non-hydrogen) atoms. The van der Waals surface area contributed by atoms with Gasteiger partial charge in [0, 0.05) is 13.0 Å². The largest absolute Gasteiger partial charge is 0.508 e. The summed E-state index contributed by atoms with van der Waals surface area (Å²) in [5.41, 5.74) is 0.639. The number of hydrogen-bond acceptors (Lipinski definition) is 6. The van der Waals surface area contributed by atoms with E-state index in [1.165, 1.54) is 12.1 Å². The van der Waals surface area contributed by atoms with Crippen molar-refractivity contribution in [2.75, 3.05) is 13.1 Å². The van der Waals surface area contributed by atoms with Gasteiger partial charge < -0.3 is 31.1 Å². The highest BCUT2D eigenvalue weighted by Gasteiger charge is 2.39. The van der Waals surface area contributed by atoms with Gasteiger partial charge in [0.25, 0.3) is 0 Å². The number of phenols is 1. The van der Waals surface area contributed by atoms with E-state index < -0.39 is 30.0 Å². The molecule has 2 heterocycles. The summed E-state index contributed by atoms with van der Waals surface area (Å²) in [6.45, 7) is 4.99. The number of carboxylic acids is 1. The molecule has 0 bridgehead atoms. The van der Waals surface area contributed by atoms with Crippen molar-refractivity contribution in [1.29, 1.82) is 0 Å². The van der Waals surface area contributed by atoms with Crippen molar-refractivity contribution in [1.82, 2.24) is 20.9 Å². The Balaban J connectivity index is 1.68. The fourth-order valence-electron chi connectivity index (χ4n) is 4.68. The molecule has 5 unspecified atom stereocenters. The van der Waals surface area contributed by atoms with Crippen LogP contribution in [-0.2, 0) is 25.6 Å². The minimum atomic E-state index is -1.20. The van der Waals surface area contributed by atoms with E-state index in [1.54, 1.807) is 17.0 Å². The molecule has 1 aromatic rings. The molecule has 2 fully saturated rings. The van der Waals surface area contributed by atoms with E-state index in [9.17, 15) is 29.4 Å². The Morgan fingerprint density at radius 3 is 2.43 bits per heavy atom. The molecule has 5 N–H and O–H groups in total. The van der Waals surface area contributed by atoms with E-state index in [0.717, 1.165) is 19.4 Å². The predicted molar refractivity (Wildman–Crippen MR) is 129 cm³/mol. The number of hydrogen-bond donors (Lipinski definition) is 5. The molecule has 2 saturated heterocycles. The average Bonchev–Trinajstić information content (AvgIpc) is 3.55. The van der Waals surface area contributed by atoms with E-state index in [2.05, 4.69) is 16.0 Å². The molecular weight excluding hydrogens is 452 g/mol. The zero-order chi connectivity index (χ0) is 25.5. The molecule has 10 nitrogen and oxygen atoms in total. The van der Waals surface area contributed by atoms with Gasteiger partial charge in [-0.3, -0.25) is 14.4 Å². The first-order valence-corrected chi connectivity index (χ1v) is 12.4. The van der Waals surface area contributed by atoms with Crippen molar-refractivity contribution in [3.05, 3.63) is 29.8 Å². The highest BCUT2D eigenvalue weighted by atomic mass is 16.4. The van der Waals surface area contributed by atoms with Gasteiger partial charge in [0.15, 0.2) is 0 Å². The molecule has 0 radical (unpaired) electrons. The SMILES string of the molecule is CCC(C)C(NC(=O)C1CCCN1C(=O)C1CCCN1)C(=O)NC(Cc1ccc(O)cc1)C(=O)O. The number of likely N-dealkylation sites (tertiary alicyclic amines) is 1. The maximum atomic E-state index is 13.2. The molecule has 3 amide bonds. The topological polar surface area (TPSA) is 148 Å². The lowest BCUT2D eigenvalue weighted by molar-refractivity contribution is -0.143. The summed E-state index contributed by atoms with van der Waals surface area (Å²) < 4.78 is 0. The van der Waals surface area contributed by atoms with E-state index >= 15 is 0 Å². The number of aliphatic carboxylic acids is 1. The number of rotatable bonds is 10. The van der Waals surface area contributed by atoms with Crippen LogP contribution >= 0.6 is 0 Å². The molecular formula is C25H36N4O6. The van der Waals surface area contributed by atoms with Crippen molar-refractivity contribution in [2.45, 2.75) is 76.5 Å². The molecule has 0 aliphatic carbocycles. The quantitative estimate of drug-likeness (QED) is 0.327. The normalized spacial score (nSPS) is 22.3. The van der Waals surface area contributed by atoms with Crippen LogP contribution in [0.5, 0.6) is 5.75 Å². The monoisotopic (exact) mass is 488 g/mol. The third-order valence-electron chi connectivity index (χ3n) is 6.98. The van der Waals surface area contributed by atoms with Crippen molar-refractivity contribution in [2.24, 2.45) is 5.92 Å². The van der Waals surface area contributed by atoms with Crippen LogP contribution in [0.4, 0.5) is 0 Å². The van der Waals surface area contributed by atoms with Crippen LogP contribution in [0.3, 0.4) is 0 Å². The van der Waals surface area contributed by atoms with Crippen LogP contribution < -0.4 is 16.0 Å². The molecule has 1 aromatic carbocycles. The molecule has 5 atom stereocenters. The maximum absolute atomic E-state index is 13.2. The molecule has 2 aliphatic rings. The lowest BCUT2D eigenvalue weighted by Crippen LogP contribution is -2.58. The minimum Gasteiger partial charge on any atom is -0.508 e. The van der Waals surface area contributed by atoms with Gasteiger partial charge in [0.2, 0.25) is 17.7 Å². The molecule has 2 aliphatic heterocycles. The number of nitrogens with zero attached hydrogens (tertiary/aromatic N) is 1. The molecule has 10 heteroatoms. The van der Waals surface area contributed by atoms with Gasteiger partial charge in [-0.1, -0.05) is 32.4 Å². The molecule has 0 aromatic heterocycles. The smallest absolute Gasteiger partial charge is 0.326 e. The van der Waals surface area contributed by atoms with Gasteiger partial charge in [-0.25, -0.2) is 4.79 Å². The number of amides is 3. The van der Waals surface area contributed by atoms with Crippen LogP contribution in [0.15, 0.2) is 24.3 Å². The van der Waals surface area contributed by atoms with Crippen molar-refractivity contribution >= 4 is 23.7 Å². The number of carboxylic acid groups (broad SMARTS) is 1. The number of carbonyl (C=O) groups is 4. The number of aromatic hydroxyl groups is 1. The Hall–Kier alpha value is -3.14. The summed E-state index contributed by atoms with van der Waals surface area (Å²) in [7, 11) is 0. The Morgan fingerprint density at radius 1 is 1.11 bits per heavy atom. The summed E-state index contributed by atoms with van der Waals surface area (Å²) in [6.07, 6.45) is 3.53. The van der Waals surface area contributed by atoms with Crippen LogP contribution in [0.25, 0.3) is 0 Å². The first kappa shape index (κ1) is 26.5. The molecule has 0 spiro atoms. The van der Waals surface area contributed by atoms with Crippen LogP contribution in [-0.4, -0.2) is 76.1 Å². The Kier molecular flexibility index (Phi) is 9.08. The van der Waals surface area contributed by atoms with Crippen molar-refractivity contribution in [3.63, 3.8) is 0 Å². The second kappa shape index (κ2) is 12.0. The van der Waals surface area contributed by atoms with Gasteiger partial charge in [0.1, 0.15) is 23.9 Å². The van der Waals surface area contributed by atoms with E-state index in [0.29, 0.717) is 31.4 Å². The lowest BCUT2D eigenvalue weighted by atomic mass is 9.96. The molecule has 0 saturated carbocycles. The third kappa shape index (κ3) is 6.72. The van der Waals surface area contributed by atoms with Crippen molar-refractivity contribution < 1.29 is 29.4 Å². The number of carbonyl (C=O) groups excluding carboxylic acids is 3. The predicted octanol–water partition coefficient (Wildman–Crippen LogP) is 0.778. The molecule has 3 rings (SSSR count). The fraction of sp³-hybridized carbons (Fsp3) is 0.600. The van der Waals surface area contributed by atoms with Gasteiger partial charge in [-0.2, -0.15) is 0 Å². The number of benzene rings is 1. The Labute approximate surface area is 205 Å². The standard InChI is InChI=1S/C25H36N4O6/c1-3-15(2)21(23(32)27-19(25(34)35)14-16-8-10-17(30)11-9-16)28-22(31)20-7-5-13-29(20)24(33)18-6-4-12-26-18/h8-11,15,18-21,26,30H,3-7,12-14H2,1-2H3,(H,27,32)(H,28,31)(H,34,35). The highest BCUT2D eigenvalue weighted by molar-refractivity contribution is 5.94. The summed E-state index contributed by atoms with van der Waals surface area (Å²) in [5.74, 6) is -2.43. The second-order valence-electron chi connectivity index (χ2n) is 9.48. The second-order valence-corrected chi connectivity index (χ2v) is 9.48. The first-order valence-electron chi connectivity index (χ1n) is 12.4. The zero-order valence-corrected chi connectivity index (χ0v) is 20.3. The lowest BCUT2D eigenvalue weighted by Gasteiger charge is -2.30. The van der Waals surface area contributed by atoms with Gasteiger partial charge >= 0.3 is 5.97 Å². The van der Waals surface area contributed by atoms with Crippen molar-refractivity contribution in [3.8, 4) is 5.75 Å². The highest BCUT2D eigenvalue weighted by Crippen LogP contribution is 2.22. The Bertz CT molecular complexity index is 915. The fourth-order valence-corrected chi connectivity index (χ4v) is 4.68. The van der Waals surface area contributed by atoms with Crippen LogP contribution in [0.1, 0.15) is 51.5 Å². The minimum absolute atomic E-state index is 0.0296. The summed E-state index contributed by atoms with van der Waals surface area (Å²) in [6, 6.07) is 3.05. The van der Waals surface area contributed by atoms with Crippen LogP contribution in [0, 0.1) is 5.92 Å². The zero-order valence-electron chi connectivity index (χ0n) is 20.3. The van der Waals surface area contributed by atoms with E-state index in [1.807, 2.05) is 13.8 Å². The van der Waals surface area contributed by atoms with E-state index in [4.69, 9.17) is 0 Å². The van der Waals surface area contributed by atoms with Gasteiger partial charge in [0.05, 0.1) is 6.04 Å². The molecule has 192 valence electrons. The van der Waals surface area contributed by atoms with Crippen LogP contribution in [0.2, 0.25) is 0 Å². The summed E-state index contributed by atoms with van der Waals surface area (Å²) in [4.78, 5) is 52.7. The Morgan fingerprint density at radius 2 is 1.83 bits per heavy atom. The van der Waals surface area contributed by atoms with Gasteiger partial charge in [-0.05, 0) is 55.8 Å². The summed E-state index contributed by atoms with van der Waals surface area (Å²) in [5, 5.41) is 27.7. The average molecular weight is 489 g/mol. The third-order valence-corrected chi connectivity index (χ3v) is 6.98. The summed E-state index contributed by atoms with van der Waals surface area (Å²) >= 11 is 0. The first-order chi connectivity index (χ1) is 16.7. The number of nitrogens with one attached hydrogen (secondary N) is 3.